The van der Waals surface area contributed by atoms with Gasteiger partial charge in [-0.15, -0.1) is 0 Å². The zero-order valence-electron chi connectivity index (χ0n) is 17.6. The zero-order valence-corrected chi connectivity index (χ0v) is 17.6. The highest BCUT2D eigenvalue weighted by Crippen LogP contribution is 2.43. The number of likely N-dealkylation sites (tertiary alicyclic amines) is 1. The second-order valence-corrected chi connectivity index (χ2v) is 8.89. The van der Waals surface area contributed by atoms with Crippen molar-refractivity contribution in [2.24, 2.45) is 5.73 Å². The van der Waals surface area contributed by atoms with E-state index in [0.717, 1.165) is 18.4 Å². The molecule has 2 atom stereocenters. The van der Waals surface area contributed by atoms with Crippen molar-refractivity contribution in [1.82, 2.24) is 14.9 Å². The number of alkyl halides is 2. The highest BCUT2D eigenvalue weighted by Gasteiger charge is 2.51. The Morgan fingerprint density at radius 3 is 2.52 bits per heavy atom. The first kappa shape index (κ1) is 21.6. The van der Waals surface area contributed by atoms with Crippen molar-refractivity contribution < 1.29 is 13.6 Å². The molecule has 0 aromatic carbocycles. The van der Waals surface area contributed by atoms with Gasteiger partial charge in [0.05, 0.1) is 11.6 Å². The first-order valence-electron chi connectivity index (χ1n) is 10.8. The van der Waals surface area contributed by atoms with Crippen molar-refractivity contribution in [2.75, 3.05) is 13.1 Å². The van der Waals surface area contributed by atoms with Crippen molar-refractivity contribution in [2.45, 2.75) is 62.3 Å². The van der Waals surface area contributed by atoms with Crippen LogP contribution in [0.5, 0.6) is 0 Å². The van der Waals surface area contributed by atoms with E-state index < -0.39 is 29.7 Å². The summed E-state index contributed by atoms with van der Waals surface area (Å²) in [6.07, 6.45) is 7.39. The molecule has 2 aromatic rings. The third-order valence-corrected chi connectivity index (χ3v) is 7.06. The van der Waals surface area contributed by atoms with Crippen LogP contribution in [-0.4, -0.2) is 39.8 Å². The number of aromatic nitrogens is 2. The number of nitrogens with zero attached hydrogens (tertiary/aromatic N) is 2. The van der Waals surface area contributed by atoms with Crippen molar-refractivity contribution in [3.8, 4) is 0 Å². The third kappa shape index (κ3) is 4.01. The van der Waals surface area contributed by atoms with Gasteiger partial charge in [0.25, 0.3) is 5.92 Å². The van der Waals surface area contributed by atoms with Gasteiger partial charge in [0, 0.05) is 38.0 Å². The maximum atomic E-state index is 14.8. The Hall–Kier alpha value is -2.61. The topological polar surface area (TPSA) is 92.1 Å². The van der Waals surface area contributed by atoms with Crippen molar-refractivity contribution in [3.05, 3.63) is 63.8 Å². The minimum Gasteiger partial charge on any atom is -0.368 e. The molecule has 31 heavy (non-hydrogen) atoms. The Balaban J connectivity index is 1.64. The van der Waals surface area contributed by atoms with Crippen LogP contribution in [0.4, 0.5) is 8.78 Å². The quantitative estimate of drug-likeness (QED) is 0.762. The Kier molecular flexibility index (Phi) is 5.68. The van der Waals surface area contributed by atoms with Crippen molar-refractivity contribution in [1.29, 1.82) is 0 Å². The fourth-order valence-corrected chi connectivity index (χ4v) is 4.94. The fourth-order valence-electron chi connectivity index (χ4n) is 4.94. The van der Waals surface area contributed by atoms with Gasteiger partial charge in [0.1, 0.15) is 5.54 Å². The second-order valence-electron chi connectivity index (χ2n) is 8.89. The molecule has 2 aromatic heterocycles. The molecular weight excluding hydrogens is 402 g/mol. The van der Waals surface area contributed by atoms with Crippen LogP contribution in [0.15, 0.2) is 41.5 Å². The molecule has 1 unspecified atom stereocenters. The average Bonchev–Trinajstić information content (AvgIpc) is 3.29. The summed E-state index contributed by atoms with van der Waals surface area (Å²) in [4.78, 5) is 32.7. The number of piperidine rings is 1. The predicted octanol–water partition coefficient (Wildman–Crippen LogP) is 3.25. The summed E-state index contributed by atoms with van der Waals surface area (Å²) in [6, 6.07) is 6.44. The molecule has 166 valence electrons. The monoisotopic (exact) mass is 430 g/mol. The number of pyridine rings is 2. The first-order valence-corrected chi connectivity index (χ1v) is 10.8. The van der Waals surface area contributed by atoms with E-state index in [2.05, 4.69) is 9.97 Å². The number of nitrogens with one attached hydrogen (secondary N) is 1. The molecule has 0 bridgehead atoms. The molecule has 6 nitrogen and oxygen atoms in total. The number of carbonyl (C=O) groups excluding carboxylic acids is 1. The lowest BCUT2D eigenvalue weighted by Gasteiger charge is -2.46. The number of halogens is 2. The van der Waals surface area contributed by atoms with Crippen LogP contribution in [0.1, 0.15) is 67.7 Å². The van der Waals surface area contributed by atoms with Gasteiger partial charge in [-0.1, -0.05) is 25.0 Å². The standard InChI is InChI=1S/C23H28F2N4O2/c1-22(21(26)31,19-8-6-16(12-27-19)15-4-2-3-5-15)29-11-10-23(24,25)18(14-29)17-7-9-20(30)28-13-17/h6-9,12-13,15,18H,2-5,10-11,14H2,1H3,(H2,26,31)(H,28,30)/t18-,22?/m1/s1. The van der Waals surface area contributed by atoms with Crippen LogP contribution in [0.2, 0.25) is 0 Å². The summed E-state index contributed by atoms with van der Waals surface area (Å²) in [5, 5.41) is 0. The van der Waals surface area contributed by atoms with Crippen LogP contribution in [0, 0.1) is 0 Å². The van der Waals surface area contributed by atoms with Gasteiger partial charge < -0.3 is 10.7 Å². The van der Waals surface area contributed by atoms with Crippen LogP contribution in [0.3, 0.4) is 0 Å². The molecule has 4 rings (SSSR count). The van der Waals surface area contributed by atoms with Crippen LogP contribution >= 0.6 is 0 Å². The number of carbonyl (C=O) groups is 1. The maximum absolute atomic E-state index is 14.8. The molecule has 1 saturated carbocycles. The van der Waals surface area contributed by atoms with E-state index in [0.29, 0.717) is 17.2 Å². The summed E-state index contributed by atoms with van der Waals surface area (Å²) in [5.74, 6) is -4.28. The predicted molar refractivity (Wildman–Crippen MR) is 113 cm³/mol. The normalized spacial score (nSPS) is 24.0. The highest BCUT2D eigenvalue weighted by atomic mass is 19.3. The summed E-state index contributed by atoms with van der Waals surface area (Å²) in [7, 11) is 0. The minimum atomic E-state index is -2.97. The van der Waals surface area contributed by atoms with Gasteiger partial charge in [-0.3, -0.25) is 19.5 Å². The Morgan fingerprint density at radius 1 is 1.23 bits per heavy atom. The van der Waals surface area contributed by atoms with Crippen LogP contribution in [0.25, 0.3) is 0 Å². The van der Waals surface area contributed by atoms with Crippen LogP contribution in [-0.2, 0) is 10.3 Å². The van der Waals surface area contributed by atoms with E-state index in [1.54, 1.807) is 24.1 Å². The molecule has 1 aliphatic carbocycles. The van der Waals surface area contributed by atoms with E-state index in [4.69, 9.17) is 5.73 Å². The zero-order chi connectivity index (χ0) is 22.2. The number of hydrogen-bond donors (Lipinski definition) is 2. The highest BCUT2D eigenvalue weighted by molar-refractivity contribution is 5.85. The van der Waals surface area contributed by atoms with E-state index >= 15 is 0 Å². The summed E-state index contributed by atoms with van der Waals surface area (Å²) >= 11 is 0. The van der Waals surface area contributed by atoms with Crippen molar-refractivity contribution >= 4 is 5.91 Å². The maximum Gasteiger partial charge on any atom is 0.257 e. The average molecular weight is 430 g/mol. The second kappa shape index (κ2) is 8.15. The Bertz CT molecular complexity index is 981. The van der Waals surface area contributed by atoms with E-state index in [1.165, 1.54) is 31.2 Å². The molecule has 2 aliphatic rings. The molecule has 1 amide bonds. The van der Waals surface area contributed by atoms with E-state index in [1.807, 2.05) is 6.07 Å². The smallest absolute Gasteiger partial charge is 0.257 e. The number of primary amides is 1. The van der Waals surface area contributed by atoms with E-state index in [9.17, 15) is 18.4 Å². The van der Waals surface area contributed by atoms with Gasteiger partial charge in [-0.25, -0.2) is 8.78 Å². The first-order chi connectivity index (χ1) is 14.7. The number of nitrogens with two attached hydrogens (primary N) is 1. The van der Waals surface area contributed by atoms with Gasteiger partial charge in [0.2, 0.25) is 11.5 Å². The molecule has 0 spiro atoms. The number of hydrogen-bond acceptors (Lipinski definition) is 4. The largest absolute Gasteiger partial charge is 0.368 e. The summed E-state index contributed by atoms with van der Waals surface area (Å²) in [6.45, 7) is 1.59. The van der Waals surface area contributed by atoms with Gasteiger partial charge >= 0.3 is 0 Å². The van der Waals surface area contributed by atoms with Gasteiger partial charge in [0.15, 0.2) is 0 Å². The lowest BCUT2D eigenvalue weighted by molar-refractivity contribution is -0.139. The molecule has 3 heterocycles. The molecule has 3 N–H and O–H groups in total. The molecule has 0 radical (unpaired) electrons. The van der Waals surface area contributed by atoms with Gasteiger partial charge in [-0.05, 0) is 42.9 Å². The van der Waals surface area contributed by atoms with Crippen LogP contribution < -0.4 is 11.3 Å². The number of amides is 1. The molecule has 1 aliphatic heterocycles. The summed E-state index contributed by atoms with van der Waals surface area (Å²) in [5.41, 5.74) is 6.07. The molecular formula is C23H28F2N4O2. The summed E-state index contributed by atoms with van der Waals surface area (Å²) < 4.78 is 29.6. The molecule has 2 fully saturated rings. The molecule has 1 saturated heterocycles. The van der Waals surface area contributed by atoms with E-state index in [-0.39, 0.29) is 18.6 Å². The van der Waals surface area contributed by atoms with Crippen molar-refractivity contribution in [3.63, 3.8) is 0 Å². The minimum absolute atomic E-state index is 0.0123. The number of H-pyrrole nitrogens is 1. The van der Waals surface area contributed by atoms with Gasteiger partial charge in [-0.2, -0.15) is 0 Å². The SMILES string of the molecule is CC(C(N)=O)(c1ccc(C2CCCC2)cn1)N1CCC(F)(F)[C@@H](c2ccc(=O)[nH]c2)C1. The number of aromatic amines is 1. The lowest BCUT2D eigenvalue weighted by Crippen LogP contribution is -2.59. The number of rotatable bonds is 5. The molecule has 8 heteroatoms. The Morgan fingerprint density at radius 2 is 1.94 bits per heavy atom. The lowest BCUT2D eigenvalue weighted by atomic mass is 9.83. The Labute approximate surface area is 179 Å². The fraction of sp³-hybridized carbons (Fsp3) is 0.522. The third-order valence-electron chi connectivity index (χ3n) is 7.06.